The van der Waals surface area contributed by atoms with E-state index in [0.29, 0.717) is 0 Å². The first-order valence-corrected chi connectivity index (χ1v) is 17.7. The van der Waals surface area contributed by atoms with Crippen molar-refractivity contribution in [3.8, 4) is 0 Å². The van der Waals surface area contributed by atoms with Crippen LogP contribution >= 0.6 is 0 Å². The molecule has 3 heteroatoms. The van der Waals surface area contributed by atoms with Crippen LogP contribution in [-0.2, 0) is 21.7 Å². The van der Waals surface area contributed by atoms with Crippen molar-refractivity contribution in [2.75, 3.05) is 0 Å². The summed E-state index contributed by atoms with van der Waals surface area (Å²) in [6.45, 7) is 27.8. The van der Waals surface area contributed by atoms with Crippen LogP contribution in [0.1, 0.15) is 105 Å². The van der Waals surface area contributed by atoms with Crippen molar-refractivity contribution in [1.29, 1.82) is 0 Å². The Labute approximate surface area is 283 Å². The second-order valence-corrected chi connectivity index (χ2v) is 18.7. The van der Waals surface area contributed by atoms with Crippen LogP contribution in [0.3, 0.4) is 0 Å². The number of pyridine rings is 1. The Morgan fingerprint density at radius 1 is 0.354 bits per heavy atom. The van der Waals surface area contributed by atoms with Crippen LogP contribution in [0.15, 0.2) is 66.7 Å². The zero-order valence-electron chi connectivity index (χ0n) is 30.7. The molecule has 48 heavy (non-hydrogen) atoms. The Morgan fingerprint density at radius 3 is 1.00 bits per heavy atom. The molecule has 0 aliphatic carbocycles. The van der Waals surface area contributed by atoms with Gasteiger partial charge in [0.2, 0.25) is 0 Å². The molecule has 4 aromatic carbocycles. The molecule has 5 heterocycles. The fourth-order valence-corrected chi connectivity index (χ4v) is 8.18. The summed E-state index contributed by atoms with van der Waals surface area (Å²) in [7, 11) is 0. The third kappa shape index (κ3) is 3.85. The van der Waals surface area contributed by atoms with E-state index in [-0.39, 0.29) is 21.7 Å². The van der Waals surface area contributed by atoms with Gasteiger partial charge in [0.1, 0.15) is 11.3 Å². The molecule has 0 bridgehead atoms. The molecule has 0 fully saturated rings. The highest BCUT2D eigenvalue weighted by Gasteiger charge is 2.28. The lowest BCUT2D eigenvalue weighted by Crippen LogP contribution is -2.11. The lowest BCUT2D eigenvalue weighted by molar-refractivity contribution is 0.590. The number of hydrogen-bond acceptors (Lipinski definition) is 1. The van der Waals surface area contributed by atoms with E-state index in [1.165, 1.54) is 87.4 Å². The number of nitrogens with zero attached hydrogens (tertiary/aromatic N) is 3. The van der Waals surface area contributed by atoms with E-state index in [9.17, 15) is 0 Å². The fraction of sp³-hybridized carbons (Fsp3) is 0.356. The maximum atomic E-state index is 5.71. The van der Waals surface area contributed by atoms with E-state index in [2.05, 4.69) is 159 Å². The highest BCUT2D eigenvalue weighted by molar-refractivity contribution is 6.28. The molecule has 0 N–H and O–H groups in total. The molecule has 5 aromatic heterocycles. The first-order chi connectivity index (χ1) is 22.3. The van der Waals surface area contributed by atoms with Crippen molar-refractivity contribution in [3.63, 3.8) is 0 Å². The number of rotatable bonds is 0. The third-order valence-electron chi connectivity index (χ3n) is 11.2. The normalized spacial score (nSPS) is 14.2. The first kappa shape index (κ1) is 29.7. The molecule has 0 saturated heterocycles. The maximum Gasteiger partial charge on any atom is 0.148 e. The standard InChI is InChI=1S/C45H47N3/c1-42(2,3)24-13-15-36-28(17-24)30-19-26(44(7,8)9)21-32-34-23-35-33-22-27(45(10,11)12)20-31-29-18-25(43(4,5)6)14-16-37(29)48(39(31)33)41(35)46-40(34)47(36)38(30)32/h13-23H,1-12H3. The second kappa shape index (κ2) is 8.80. The predicted octanol–water partition coefficient (Wildman–Crippen LogP) is 12.6. The largest absolute Gasteiger partial charge is 0.293 e. The van der Waals surface area contributed by atoms with Gasteiger partial charge in [-0.3, -0.25) is 8.80 Å². The summed E-state index contributed by atoms with van der Waals surface area (Å²) < 4.78 is 4.91. The van der Waals surface area contributed by atoms with Crippen LogP contribution in [0.2, 0.25) is 0 Å². The summed E-state index contributed by atoms with van der Waals surface area (Å²) in [6, 6.07) is 26.4. The van der Waals surface area contributed by atoms with Crippen LogP contribution in [0.4, 0.5) is 0 Å². The minimum absolute atomic E-state index is 0.0179. The van der Waals surface area contributed by atoms with Gasteiger partial charge in [0.25, 0.3) is 0 Å². The van der Waals surface area contributed by atoms with Crippen LogP contribution < -0.4 is 0 Å². The minimum atomic E-state index is 0.0179. The molecule has 9 aromatic rings. The molecule has 0 amide bonds. The molecule has 242 valence electrons. The SMILES string of the molecule is CC(C)(C)c1ccc2c(c1)c1cc(C(C)(C)C)cc3c4cc5c6cc(C(C)(C)C)cc7c8cc(C(C)(C)C)ccc8n(c5nc4n2c13)c76. The van der Waals surface area contributed by atoms with Gasteiger partial charge in [0.15, 0.2) is 0 Å². The lowest BCUT2D eigenvalue weighted by Gasteiger charge is -2.20. The Kier molecular flexibility index (Phi) is 5.45. The lowest BCUT2D eigenvalue weighted by atomic mass is 9.84. The topological polar surface area (TPSA) is 21.7 Å². The monoisotopic (exact) mass is 629 g/mol. The van der Waals surface area contributed by atoms with Crippen molar-refractivity contribution in [3.05, 3.63) is 89.0 Å². The molecule has 3 nitrogen and oxygen atoms in total. The Morgan fingerprint density at radius 2 is 0.667 bits per heavy atom. The summed E-state index contributed by atoms with van der Waals surface area (Å²) in [6.07, 6.45) is 0. The molecule has 0 radical (unpaired) electrons. The second-order valence-electron chi connectivity index (χ2n) is 18.7. The van der Waals surface area contributed by atoms with Crippen molar-refractivity contribution in [2.45, 2.75) is 105 Å². The predicted molar refractivity (Wildman–Crippen MR) is 208 cm³/mol. The van der Waals surface area contributed by atoms with E-state index >= 15 is 0 Å². The van der Waals surface area contributed by atoms with Gasteiger partial charge in [0, 0.05) is 43.1 Å². The van der Waals surface area contributed by atoms with Gasteiger partial charge in [-0.15, -0.1) is 0 Å². The molecule has 0 unspecified atom stereocenters. The van der Waals surface area contributed by atoms with Gasteiger partial charge in [-0.2, -0.15) is 0 Å². The molecule has 0 spiro atoms. The summed E-state index contributed by atoms with van der Waals surface area (Å²) in [5, 5.41) is 10.4. The van der Waals surface area contributed by atoms with Crippen molar-refractivity contribution >= 4 is 76.5 Å². The molecular weight excluding hydrogens is 583 g/mol. The van der Waals surface area contributed by atoms with Crippen molar-refractivity contribution in [1.82, 2.24) is 13.8 Å². The van der Waals surface area contributed by atoms with Crippen molar-refractivity contribution < 1.29 is 0 Å². The van der Waals surface area contributed by atoms with Crippen LogP contribution in [-0.4, -0.2) is 13.8 Å². The third-order valence-corrected chi connectivity index (χ3v) is 11.2. The van der Waals surface area contributed by atoms with Crippen LogP contribution in [0, 0.1) is 0 Å². The quantitative estimate of drug-likeness (QED) is 0.164. The summed E-state index contributed by atoms with van der Waals surface area (Å²) in [5.41, 5.74) is 12.8. The van der Waals surface area contributed by atoms with Crippen molar-refractivity contribution in [2.24, 2.45) is 0 Å². The van der Waals surface area contributed by atoms with E-state index in [1.54, 1.807) is 0 Å². The van der Waals surface area contributed by atoms with Gasteiger partial charge >= 0.3 is 0 Å². The number of hydrogen-bond donors (Lipinski definition) is 0. The Hall–Kier alpha value is -4.37. The molecule has 0 atom stereocenters. The summed E-state index contributed by atoms with van der Waals surface area (Å²) in [4.78, 5) is 5.71. The highest BCUT2D eigenvalue weighted by Crippen LogP contribution is 2.46. The molecule has 0 saturated carbocycles. The minimum Gasteiger partial charge on any atom is -0.293 e. The summed E-state index contributed by atoms with van der Waals surface area (Å²) in [5.74, 6) is 0. The number of benzene rings is 4. The average Bonchev–Trinajstić information content (AvgIpc) is 3.70. The van der Waals surface area contributed by atoms with Gasteiger partial charge < -0.3 is 0 Å². The van der Waals surface area contributed by atoms with Gasteiger partial charge in [-0.25, -0.2) is 4.98 Å². The van der Waals surface area contributed by atoms with Gasteiger partial charge in [-0.05, 0) is 98.5 Å². The molecule has 0 aliphatic rings. The van der Waals surface area contributed by atoms with E-state index in [0.717, 1.165) is 11.3 Å². The number of aromatic nitrogens is 3. The van der Waals surface area contributed by atoms with Crippen LogP contribution in [0.25, 0.3) is 76.5 Å². The first-order valence-electron chi connectivity index (χ1n) is 17.7. The maximum absolute atomic E-state index is 5.71. The Bertz CT molecular complexity index is 2600. The zero-order valence-corrected chi connectivity index (χ0v) is 30.7. The average molecular weight is 630 g/mol. The van der Waals surface area contributed by atoms with Gasteiger partial charge in [-0.1, -0.05) is 95.2 Å². The number of fused-ring (bicyclic) bond motifs is 12. The van der Waals surface area contributed by atoms with E-state index < -0.39 is 0 Å². The smallest absolute Gasteiger partial charge is 0.148 e. The fourth-order valence-electron chi connectivity index (χ4n) is 8.18. The van der Waals surface area contributed by atoms with E-state index in [1.807, 2.05) is 0 Å². The Balaban J connectivity index is 1.51. The molecular formula is C45H47N3. The van der Waals surface area contributed by atoms with Crippen LogP contribution in [0.5, 0.6) is 0 Å². The highest BCUT2D eigenvalue weighted by atomic mass is 15.1. The zero-order chi connectivity index (χ0) is 34.0. The van der Waals surface area contributed by atoms with Gasteiger partial charge in [0.05, 0.1) is 22.1 Å². The molecule has 0 aliphatic heterocycles. The molecule has 9 rings (SSSR count). The summed E-state index contributed by atoms with van der Waals surface area (Å²) >= 11 is 0. The van der Waals surface area contributed by atoms with E-state index in [4.69, 9.17) is 4.98 Å².